The maximum absolute atomic E-state index is 15.4. The molecule has 0 bridgehead atoms. The van der Waals surface area contributed by atoms with Crippen molar-refractivity contribution < 1.29 is 31.5 Å². The van der Waals surface area contributed by atoms with Gasteiger partial charge in [-0.1, -0.05) is 6.42 Å². The van der Waals surface area contributed by atoms with Crippen molar-refractivity contribution in [3.05, 3.63) is 59.4 Å². The van der Waals surface area contributed by atoms with E-state index in [1.807, 2.05) is 38.7 Å². The van der Waals surface area contributed by atoms with Gasteiger partial charge in [-0.3, -0.25) is 19.5 Å². The molecule has 3 fully saturated rings. The summed E-state index contributed by atoms with van der Waals surface area (Å²) >= 11 is 0. The molecule has 4 aliphatic rings. The van der Waals surface area contributed by atoms with Crippen LogP contribution in [0.2, 0.25) is 0 Å². The standard InChI is InChI=1S/C39H43F5N8O2/c1-20(2)51-19-46-26-15-24(47-33(31(26)51)48-25-14-23(28(40)30(42)29(25)41)34(53)49-39(9-10-39)35(43)44)21-13-27-32(45-18-21)37(3,4)36(54)52(27)22-16-38(5,17-22)50-11-7-6-8-12-50/h13-15,18-20,22,35H,6-12,16-17H2,1-5H3,(H,47,48)(H,49,53)/t22-,38+. The number of benzene rings is 1. The Bertz CT molecular complexity index is 2190. The van der Waals surface area contributed by atoms with Crippen molar-refractivity contribution in [3.63, 3.8) is 0 Å². The molecule has 2 amide bonds. The molecule has 15 heteroatoms. The predicted molar refractivity (Wildman–Crippen MR) is 194 cm³/mol. The van der Waals surface area contributed by atoms with Crippen LogP contribution in [0, 0.1) is 17.5 Å². The number of piperidine rings is 1. The SMILES string of the molecule is CC(C)n1cnc2cc(-c3cnc4c(c3)N([C@H]3C[C@@](C)(N5CCCCC5)C3)C(=O)C4(C)C)nc(Nc3cc(C(=O)NC4(C(F)F)CC4)c(F)c(F)c3F)c21. The first kappa shape index (κ1) is 36.3. The molecule has 0 unspecified atom stereocenters. The van der Waals surface area contributed by atoms with E-state index in [9.17, 15) is 22.8 Å². The van der Waals surface area contributed by atoms with Gasteiger partial charge in [0.2, 0.25) is 5.91 Å². The number of nitrogens with one attached hydrogen (secondary N) is 2. The fraction of sp³-hybridized carbons (Fsp3) is 0.513. The van der Waals surface area contributed by atoms with Crippen molar-refractivity contribution in [2.45, 2.75) is 115 Å². The molecule has 286 valence electrons. The molecule has 2 N–H and O–H groups in total. The second kappa shape index (κ2) is 12.7. The van der Waals surface area contributed by atoms with Crippen molar-refractivity contribution in [2.75, 3.05) is 23.3 Å². The Labute approximate surface area is 309 Å². The minimum absolute atomic E-state index is 0.00496. The number of fused-ring (bicyclic) bond motifs is 2. The van der Waals surface area contributed by atoms with Crippen LogP contribution < -0.4 is 15.5 Å². The van der Waals surface area contributed by atoms with Gasteiger partial charge in [0.25, 0.3) is 12.3 Å². The smallest absolute Gasteiger partial charge is 0.261 e. The maximum Gasteiger partial charge on any atom is 0.261 e. The lowest BCUT2D eigenvalue weighted by atomic mass is 9.71. The van der Waals surface area contributed by atoms with Crippen LogP contribution in [0.5, 0.6) is 0 Å². The number of likely N-dealkylation sites (tertiary alicyclic amines) is 1. The lowest BCUT2D eigenvalue weighted by Gasteiger charge is -2.55. The Kier molecular flexibility index (Phi) is 8.55. The second-order valence-electron chi connectivity index (χ2n) is 16.4. The average Bonchev–Trinajstić information content (AvgIpc) is 3.73. The van der Waals surface area contributed by atoms with Gasteiger partial charge < -0.3 is 20.1 Å². The molecule has 1 saturated heterocycles. The van der Waals surface area contributed by atoms with E-state index in [0.29, 0.717) is 33.7 Å². The molecule has 0 atom stereocenters. The van der Waals surface area contributed by atoms with Gasteiger partial charge in [-0.2, -0.15) is 0 Å². The van der Waals surface area contributed by atoms with Crippen LogP contribution in [0.25, 0.3) is 22.3 Å². The first-order valence-corrected chi connectivity index (χ1v) is 18.6. The molecule has 8 rings (SSSR count). The van der Waals surface area contributed by atoms with Crippen LogP contribution in [0.3, 0.4) is 0 Å². The van der Waals surface area contributed by atoms with Crippen molar-refractivity contribution in [2.24, 2.45) is 0 Å². The van der Waals surface area contributed by atoms with Crippen molar-refractivity contribution in [1.82, 2.24) is 29.7 Å². The number of carbonyl (C=O) groups is 2. The zero-order chi connectivity index (χ0) is 38.5. The van der Waals surface area contributed by atoms with Crippen molar-refractivity contribution in [1.29, 1.82) is 0 Å². The van der Waals surface area contributed by atoms with E-state index in [1.165, 1.54) is 19.3 Å². The summed E-state index contributed by atoms with van der Waals surface area (Å²) in [4.78, 5) is 45.5. The number of aromatic nitrogens is 4. The first-order valence-electron chi connectivity index (χ1n) is 18.6. The Morgan fingerprint density at radius 2 is 1.65 bits per heavy atom. The third-order valence-electron chi connectivity index (χ3n) is 11.9. The Balaban J connectivity index is 1.17. The van der Waals surface area contributed by atoms with Gasteiger partial charge in [-0.25, -0.2) is 31.9 Å². The van der Waals surface area contributed by atoms with E-state index in [2.05, 4.69) is 27.4 Å². The highest BCUT2D eigenvalue weighted by Gasteiger charge is 2.55. The molecule has 0 spiro atoms. The summed E-state index contributed by atoms with van der Waals surface area (Å²) in [6, 6.07) is 4.20. The monoisotopic (exact) mass is 750 g/mol. The summed E-state index contributed by atoms with van der Waals surface area (Å²) in [5.74, 6) is -6.67. The predicted octanol–water partition coefficient (Wildman–Crippen LogP) is 7.79. The molecule has 10 nitrogen and oxygen atoms in total. The van der Waals surface area contributed by atoms with Gasteiger partial charge >= 0.3 is 0 Å². The van der Waals surface area contributed by atoms with Gasteiger partial charge in [0, 0.05) is 29.4 Å². The summed E-state index contributed by atoms with van der Waals surface area (Å²) in [5, 5.41) is 4.86. The number of hydrogen-bond donors (Lipinski definition) is 2. The second-order valence-corrected chi connectivity index (χ2v) is 16.4. The van der Waals surface area contributed by atoms with Gasteiger partial charge in [0.05, 0.1) is 45.6 Å². The van der Waals surface area contributed by atoms with E-state index in [4.69, 9.17) is 9.97 Å². The third kappa shape index (κ3) is 5.72. The molecule has 2 aliphatic heterocycles. The highest BCUT2D eigenvalue weighted by molar-refractivity contribution is 6.08. The van der Waals surface area contributed by atoms with Crippen LogP contribution in [0.4, 0.5) is 39.1 Å². The van der Waals surface area contributed by atoms with Gasteiger partial charge in [-0.15, -0.1) is 0 Å². The molecule has 1 aromatic carbocycles. The van der Waals surface area contributed by atoms with E-state index >= 15 is 8.78 Å². The highest BCUT2D eigenvalue weighted by Crippen LogP contribution is 2.50. The van der Waals surface area contributed by atoms with E-state index in [0.717, 1.165) is 32.0 Å². The summed E-state index contributed by atoms with van der Waals surface area (Å²) in [5.41, 5.74) is -1.14. The van der Waals surface area contributed by atoms with E-state index in [-0.39, 0.29) is 42.2 Å². The molecule has 54 heavy (non-hydrogen) atoms. The Hall–Kier alpha value is -4.66. The number of amides is 2. The molecule has 5 heterocycles. The summed E-state index contributed by atoms with van der Waals surface area (Å²) in [7, 11) is 0. The fourth-order valence-electron chi connectivity index (χ4n) is 8.46. The first-order chi connectivity index (χ1) is 25.5. The normalized spacial score (nSPS) is 23.2. The quantitative estimate of drug-likeness (QED) is 0.133. The molecule has 4 aromatic rings. The van der Waals surface area contributed by atoms with Crippen LogP contribution in [-0.4, -0.2) is 72.9 Å². The van der Waals surface area contributed by atoms with Crippen LogP contribution >= 0.6 is 0 Å². The Morgan fingerprint density at radius 1 is 0.944 bits per heavy atom. The lowest BCUT2D eigenvalue weighted by Crippen LogP contribution is -2.64. The molecular weight excluding hydrogens is 707 g/mol. The van der Waals surface area contributed by atoms with E-state index < -0.39 is 52.0 Å². The number of alkyl halides is 2. The number of hydrogen-bond acceptors (Lipinski definition) is 7. The van der Waals surface area contributed by atoms with Crippen LogP contribution in [0.15, 0.2) is 30.7 Å². The molecule has 2 saturated carbocycles. The van der Waals surface area contributed by atoms with Gasteiger partial charge in [-0.05, 0) is 104 Å². The highest BCUT2D eigenvalue weighted by atomic mass is 19.3. The average molecular weight is 751 g/mol. The zero-order valence-electron chi connectivity index (χ0n) is 30.9. The number of imidazole rings is 1. The lowest BCUT2D eigenvalue weighted by molar-refractivity contribution is -0.123. The number of anilines is 3. The van der Waals surface area contributed by atoms with Crippen molar-refractivity contribution in [3.8, 4) is 11.3 Å². The topological polar surface area (TPSA) is 108 Å². The van der Waals surface area contributed by atoms with Crippen LogP contribution in [-0.2, 0) is 10.2 Å². The van der Waals surface area contributed by atoms with Gasteiger partial charge in [0.15, 0.2) is 23.3 Å². The number of carbonyl (C=O) groups excluding carboxylic acids is 2. The van der Waals surface area contributed by atoms with Crippen LogP contribution in [0.1, 0.15) is 102 Å². The number of nitrogens with zero attached hydrogens (tertiary/aromatic N) is 6. The molecule has 0 radical (unpaired) electrons. The number of halogens is 5. The number of pyridine rings is 2. The summed E-state index contributed by atoms with van der Waals surface area (Å²) in [6.45, 7) is 11.9. The van der Waals surface area contributed by atoms with E-state index in [1.54, 1.807) is 23.2 Å². The molecular formula is C39H43F5N8O2. The zero-order valence-corrected chi connectivity index (χ0v) is 30.9. The molecule has 2 aliphatic carbocycles. The van der Waals surface area contributed by atoms with Gasteiger partial charge in [0.1, 0.15) is 11.1 Å². The number of rotatable bonds is 9. The summed E-state index contributed by atoms with van der Waals surface area (Å²) in [6.07, 6.45) is 5.50. The van der Waals surface area contributed by atoms with Crippen molar-refractivity contribution >= 4 is 40.0 Å². The summed E-state index contributed by atoms with van der Waals surface area (Å²) < 4.78 is 74.4. The fourth-order valence-corrected chi connectivity index (χ4v) is 8.46. The minimum Gasteiger partial charge on any atom is -0.341 e. The third-order valence-corrected chi connectivity index (χ3v) is 11.9. The maximum atomic E-state index is 15.4. The minimum atomic E-state index is -2.91. The molecule has 3 aromatic heterocycles. The Morgan fingerprint density at radius 3 is 2.30 bits per heavy atom. The largest absolute Gasteiger partial charge is 0.341 e.